The lowest BCUT2D eigenvalue weighted by Gasteiger charge is -2.47. The van der Waals surface area contributed by atoms with Crippen LogP contribution in [0.25, 0.3) is 0 Å². The van der Waals surface area contributed by atoms with E-state index < -0.39 is 0 Å². The number of imidazole rings is 1. The summed E-state index contributed by atoms with van der Waals surface area (Å²) in [6, 6.07) is 0.310. The highest BCUT2D eigenvalue weighted by molar-refractivity contribution is 5.77. The molecule has 0 aromatic carbocycles. The van der Waals surface area contributed by atoms with Gasteiger partial charge < -0.3 is 14.4 Å². The molecule has 1 aliphatic carbocycles. The second-order valence-corrected chi connectivity index (χ2v) is 8.84. The van der Waals surface area contributed by atoms with Crippen molar-refractivity contribution in [2.75, 3.05) is 19.6 Å². The summed E-state index contributed by atoms with van der Waals surface area (Å²) in [5.41, 5.74) is 2.44. The van der Waals surface area contributed by atoms with E-state index >= 15 is 0 Å². The van der Waals surface area contributed by atoms with Crippen LogP contribution in [-0.4, -0.2) is 56.8 Å². The molecule has 3 heterocycles. The highest BCUT2D eigenvalue weighted by atomic mass is 16.2. The first-order valence-electron chi connectivity index (χ1n) is 11.4. The quantitative estimate of drug-likeness (QED) is 0.547. The van der Waals surface area contributed by atoms with Crippen molar-refractivity contribution >= 4 is 11.8 Å². The molecule has 1 aromatic rings. The first-order chi connectivity index (χ1) is 14.2. The second-order valence-electron chi connectivity index (χ2n) is 8.84. The number of nitrogens with zero attached hydrogens (tertiary/aromatic N) is 4. The fourth-order valence-electron chi connectivity index (χ4n) is 5.39. The Morgan fingerprint density at radius 2 is 2.00 bits per heavy atom. The summed E-state index contributed by atoms with van der Waals surface area (Å²) in [5, 5.41) is 0. The number of hydrogen-bond acceptors (Lipinski definition) is 3. The Kier molecular flexibility index (Phi) is 6.36. The standard InChI is InChI=1S/C23H34N4O2/c1-2-3-4-11-22(28)27-13-7-8-18-15-25(14-12-20(18)27)23(29)16-26-17-24-19-9-5-6-10-21(19)26/h2,17-18,20H,1,3-16H2. The number of carbonyl (C=O) groups excluding carboxylic acids is 2. The van der Waals surface area contributed by atoms with Crippen molar-refractivity contribution in [1.29, 1.82) is 0 Å². The zero-order chi connectivity index (χ0) is 20.2. The molecule has 158 valence electrons. The molecule has 0 N–H and O–H groups in total. The number of aromatic nitrogens is 2. The predicted octanol–water partition coefficient (Wildman–Crippen LogP) is 2.96. The Morgan fingerprint density at radius 3 is 2.86 bits per heavy atom. The van der Waals surface area contributed by atoms with E-state index in [1.807, 2.05) is 17.3 Å². The summed E-state index contributed by atoms with van der Waals surface area (Å²) < 4.78 is 2.07. The molecule has 3 aliphatic rings. The van der Waals surface area contributed by atoms with Crippen molar-refractivity contribution in [2.24, 2.45) is 5.92 Å². The molecule has 6 nitrogen and oxygen atoms in total. The Balaban J connectivity index is 1.34. The average molecular weight is 399 g/mol. The molecule has 0 bridgehead atoms. The van der Waals surface area contributed by atoms with Gasteiger partial charge in [0.1, 0.15) is 6.54 Å². The van der Waals surface area contributed by atoms with Gasteiger partial charge in [-0.25, -0.2) is 4.98 Å². The molecular formula is C23H34N4O2. The number of hydrogen-bond donors (Lipinski definition) is 0. The monoisotopic (exact) mass is 398 g/mol. The highest BCUT2D eigenvalue weighted by Gasteiger charge is 2.39. The van der Waals surface area contributed by atoms with Crippen molar-refractivity contribution in [1.82, 2.24) is 19.4 Å². The second kappa shape index (κ2) is 9.14. The van der Waals surface area contributed by atoms with Crippen LogP contribution in [-0.2, 0) is 29.0 Å². The average Bonchev–Trinajstić information content (AvgIpc) is 3.16. The van der Waals surface area contributed by atoms with Gasteiger partial charge in [-0.3, -0.25) is 9.59 Å². The first-order valence-corrected chi connectivity index (χ1v) is 11.4. The zero-order valence-corrected chi connectivity index (χ0v) is 17.5. The van der Waals surface area contributed by atoms with Crippen LogP contribution >= 0.6 is 0 Å². The third-order valence-corrected chi connectivity index (χ3v) is 6.96. The van der Waals surface area contributed by atoms with Crippen LogP contribution in [0.3, 0.4) is 0 Å². The van der Waals surface area contributed by atoms with Crippen LogP contribution in [0.5, 0.6) is 0 Å². The Bertz CT molecular complexity index is 756. The summed E-state index contributed by atoms with van der Waals surface area (Å²) in [6.45, 7) is 6.57. The molecule has 2 amide bonds. The van der Waals surface area contributed by atoms with Gasteiger partial charge in [-0.15, -0.1) is 6.58 Å². The number of aryl methyl sites for hydroxylation is 1. The van der Waals surface area contributed by atoms with Gasteiger partial charge in [0.05, 0.1) is 12.0 Å². The van der Waals surface area contributed by atoms with Crippen molar-refractivity contribution in [3.05, 3.63) is 30.4 Å². The molecule has 1 aromatic heterocycles. The van der Waals surface area contributed by atoms with Gasteiger partial charge in [-0.1, -0.05) is 6.08 Å². The SMILES string of the molecule is C=CCCCC(=O)N1CCCC2CN(C(=O)Cn3cnc4c3CCCC4)CCC21. The lowest BCUT2D eigenvalue weighted by atomic mass is 9.83. The van der Waals surface area contributed by atoms with E-state index in [9.17, 15) is 9.59 Å². The highest BCUT2D eigenvalue weighted by Crippen LogP contribution is 2.31. The molecule has 0 radical (unpaired) electrons. The molecule has 0 spiro atoms. The van der Waals surface area contributed by atoms with Crippen molar-refractivity contribution in [2.45, 2.75) is 76.8 Å². The third kappa shape index (κ3) is 4.41. The van der Waals surface area contributed by atoms with E-state index in [0.717, 1.165) is 64.6 Å². The van der Waals surface area contributed by atoms with Gasteiger partial charge in [0.25, 0.3) is 0 Å². The number of amides is 2. The van der Waals surface area contributed by atoms with E-state index in [0.29, 0.717) is 24.9 Å². The summed E-state index contributed by atoms with van der Waals surface area (Å²) in [4.78, 5) is 34.4. The number of rotatable bonds is 6. The van der Waals surface area contributed by atoms with Crippen molar-refractivity contribution in [3.8, 4) is 0 Å². The summed E-state index contributed by atoms with van der Waals surface area (Å²) in [7, 11) is 0. The van der Waals surface area contributed by atoms with Crippen LogP contribution in [0, 0.1) is 5.92 Å². The number of unbranched alkanes of at least 4 members (excludes halogenated alkanes) is 1. The molecule has 2 unspecified atom stereocenters. The van der Waals surface area contributed by atoms with Gasteiger partial charge in [0, 0.05) is 37.8 Å². The first kappa shape index (κ1) is 20.2. The summed E-state index contributed by atoms with van der Waals surface area (Å²) in [6.07, 6.45) is 13.7. The van der Waals surface area contributed by atoms with E-state index in [-0.39, 0.29) is 11.8 Å². The molecule has 0 saturated carbocycles. The Morgan fingerprint density at radius 1 is 1.14 bits per heavy atom. The predicted molar refractivity (Wildman–Crippen MR) is 112 cm³/mol. The van der Waals surface area contributed by atoms with Crippen molar-refractivity contribution < 1.29 is 9.59 Å². The normalized spacial score (nSPS) is 24.0. The van der Waals surface area contributed by atoms with E-state index in [1.165, 1.54) is 24.2 Å². The summed E-state index contributed by atoms with van der Waals surface area (Å²) >= 11 is 0. The Hall–Kier alpha value is -2.11. The molecule has 6 heteroatoms. The fraction of sp³-hybridized carbons (Fsp3) is 0.696. The molecule has 2 atom stereocenters. The Labute approximate surface area is 174 Å². The molecule has 4 rings (SSSR count). The lowest BCUT2D eigenvalue weighted by Crippen LogP contribution is -2.57. The van der Waals surface area contributed by atoms with Gasteiger partial charge >= 0.3 is 0 Å². The smallest absolute Gasteiger partial charge is 0.242 e. The van der Waals surface area contributed by atoms with Gasteiger partial charge in [0.15, 0.2) is 0 Å². The lowest BCUT2D eigenvalue weighted by molar-refractivity contribution is -0.142. The minimum absolute atomic E-state index is 0.198. The van der Waals surface area contributed by atoms with E-state index in [4.69, 9.17) is 0 Å². The van der Waals surface area contributed by atoms with Crippen molar-refractivity contribution in [3.63, 3.8) is 0 Å². The topological polar surface area (TPSA) is 58.4 Å². The third-order valence-electron chi connectivity index (χ3n) is 6.96. The summed E-state index contributed by atoms with van der Waals surface area (Å²) in [5.74, 6) is 0.900. The maximum Gasteiger partial charge on any atom is 0.242 e. The van der Waals surface area contributed by atoms with Crippen LogP contribution in [0.2, 0.25) is 0 Å². The minimum Gasteiger partial charge on any atom is -0.341 e. The van der Waals surface area contributed by atoms with Crippen LogP contribution in [0.15, 0.2) is 19.0 Å². The largest absolute Gasteiger partial charge is 0.341 e. The molecule has 29 heavy (non-hydrogen) atoms. The molecule has 2 saturated heterocycles. The number of fused-ring (bicyclic) bond motifs is 2. The van der Waals surface area contributed by atoms with Crippen LogP contribution in [0.4, 0.5) is 0 Å². The number of carbonyl (C=O) groups is 2. The zero-order valence-electron chi connectivity index (χ0n) is 17.5. The molecule has 2 fully saturated rings. The van der Waals surface area contributed by atoms with Gasteiger partial charge in [-0.2, -0.15) is 0 Å². The maximum absolute atomic E-state index is 13.0. The number of allylic oxidation sites excluding steroid dienone is 1. The van der Waals surface area contributed by atoms with Gasteiger partial charge in [0.2, 0.25) is 11.8 Å². The fourth-order valence-corrected chi connectivity index (χ4v) is 5.39. The molecular weight excluding hydrogens is 364 g/mol. The van der Waals surface area contributed by atoms with Crippen LogP contribution in [0.1, 0.15) is 62.8 Å². The number of piperidine rings is 2. The van der Waals surface area contributed by atoms with E-state index in [2.05, 4.69) is 21.0 Å². The minimum atomic E-state index is 0.198. The van der Waals surface area contributed by atoms with Crippen LogP contribution < -0.4 is 0 Å². The van der Waals surface area contributed by atoms with E-state index in [1.54, 1.807) is 0 Å². The maximum atomic E-state index is 13.0. The number of likely N-dealkylation sites (tertiary alicyclic amines) is 2. The van der Waals surface area contributed by atoms with Gasteiger partial charge in [-0.05, 0) is 63.7 Å². The molecule has 2 aliphatic heterocycles.